The number of likely N-dealkylation sites (tertiary alicyclic amines) is 1. The molecule has 1 fully saturated rings. The molecule has 6 nitrogen and oxygen atoms in total. The fraction of sp³-hybridized carbons (Fsp3) is 0.348. The molecule has 1 unspecified atom stereocenters. The molecule has 3 aromatic rings. The zero-order chi connectivity index (χ0) is 20.9. The Morgan fingerprint density at radius 1 is 1.27 bits per heavy atom. The molecule has 156 valence electrons. The molecule has 30 heavy (non-hydrogen) atoms. The maximum atomic E-state index is 13.4. The fourth-order valence-corrected chi connectivity index (χ4v) is 3.71. The van der Waals surface area contributed by atoms with Crippen molar-refractivity contribution >= 4 is 5.91 Å². The molecule has 1 aliphatic rings. The van der Waals surface area contributed by atoms with Gasteiger partial charge in [-0.2, -0.15) is 4.98 Å². The highest BCUT2D eigenvalue weighted by Gasteiger charge is 2.33. The van der Waals surface area contributed by atoms with Gasteiger partial charge in [-0.3, -0.25) is 4.79 Å². The standard InChI is InChI=1S/C23H24FN3O3/c1-16-5-2-8-19(13-16)29-12-10-21-25-23(30-26-21)20-9-4-11-27(20)22(28)15-17-6-3-7-18(24)14-17/h2-3,5-8,13-14,20H,4,9-12,15H2,1H3. The summed E-state index contributed by atoms with van der Waals surface area (Å²) in [6.07, 6.45) is 2.31. The Morgan fingerprint density at radius 2 is 2.13 bits per heavy atom. The average molecular weight is 409 g/mol. The lowest BCUT2D eigenvalue weighted by molar-refractivity contribution is -0.131. The smallest absolute Gasteiger partial charge is 0.249 e. The Labute approximate surface area is 174 Å². The number of benzene rings is 2. The van der Waals surface area contributed by atoms with Crippen molar-refractivity contribution in [3.63, 3.8) is 0 Å². The van der Waals surface area contributed by atoms with Crippen LogP contribution in [0.25, 0.3) is 0 Å². The van der Waals surface area contributed by atoms with Crippen LogP contribution in [-0.2, 0) is 17.6 Å². The molecule has 0 radical (unpaired) electrons. The van der Waals surface area contributed by atoms with Gasteiger partial charge in [0.15, 0.2) is 5.82 Å². The van der Waals surface area contributed by atoms with Gasteiger partial charge in [0.1, 0.15) is 17.6 Å². The van der Waals surface area contributed by atoms with Gasteiger partial charge in [-0.25, -0.2) is 4.39 Å². The first-order chi connectivity index (χ1) is 14.6. The highest BCUT2D eigenvalue weighted by Crippen LogP contribution is 2.31. The normalized spacial score (nSPS) is 16.1. The van der Waals surface area contributed by atoms with E-state index in [4.69, 9.17) is 9.26 Å². The van der Waals surface area contributed by atoms with Crippen LogP contribution in [0.3, 0.4) is 0 Å². The Kier molecular flexibility index (Phi) is 6.07. The predicted octanol–water partition coefficient (Wildman–Crippen LogP) is 4.04. The van der Waals surface area contributed by atoms with E-state index in [0.717, 1.165) is 24.2 Å². The van der Waals surface area contributed by atoms with Gasteiger partial charge < -0.3 is 14.2 Å². The Balaban J connectivity index is 1.35. The molecule has 0 N–H and O–H groups in total. The molecule has 1 aliphatic heterocycles. The summed E-state index contributed by atoms with van der Waals surface area (Å²) in [4.78, 5) is 19.0. The van der Waals surface area contributed by atoms with Crippen molar-refractivity contribution in [2.24, 2.45) is 0 Å². The molecule has 1 amide bonds. The number of carbonyl (C=O) groups is 1. The van der Waals surface area contributed by atoms with E-state index in [-0.39, 0.29) is 24.2 Å². The molecule has 1 saturated heterocycles. The minimum absolute atomic E-state index is 0.0642. The molecule has 0 aliphatic carbocycles. The van der Waals surface area contributed by atoms with E-state index >= 15 is 0 Å². The Morgan fingerprint density at radius 3 is 2.97 bits per heavy atom. The number of amides is 1. The van der Waals surface area contributed by atoms with Crippen LogP contribution in [0.4, 0.5) is 4.39 Å². The van der Waals surface area contributed by atoms with Crippen LogP contribution in [0.5, 0.6) is 5.75 Å². The third-order valence-corrected chi connectivity index (χ3v) is 5.17. The topological polar surface area (TPSA) is 68.5 Å². The van der Waals surface area contributed by atoms with E-state index in [9.17, 15) is 9.18 Å². The zero-order valence-corrected chi connectivity index (χ0v) is 16.9. The van der Waals surface area contributed by atoms with Gasteiger partial charge in [0.05, 0.1) is 13.0 Å². The van der Waals surface area contributed by atoms with Gasteiger partial charge in [-0.05, 0) is 55.2 Å². The molecule has 0 bridgehead atoms. The molecule has 2 aromatic carbocycles. The summed E-state index contributed by atoms with van der Waals surface area (Å²) in [5.41, 5.74) is 1.80. The van der Waals surface area contributed by atoms with Crippen LogP contribution in [0.2, 0.25) is 0 Å². The average Bonchev–Trinajstić information content (AvgIpc) is 3.37. The van der Waals surface area contributed by atoms with Crippen LogP contribution in [0.1, 0.15) is 41.7 Å². The van der Waals surface area contributed by atoms with Crippen LogP contribution in [-0.4, -0.2) is 34.1 Å². The SMILES string of the molecule is Cc1cccc(OCCc2noc(C3CCCN3C(=O)Cc3cccc(F)c3)n2)c1. The number of carbonyl (C=O) groups excluding carboxylic acids is 1. The quantitative estimate of drug-likeness (QED) is 0.589. The van der Waals surface area contributed by atoms with E-state index in [1.54, 1.807) is 17.0 Å². The first kappa shape index (κ1) is 20.1. The second kappa shape index (κ2) is 9.07. The second-order valence-electron chi connectivity index (χ2n) is 7.52. The minimum Gasteiger partial charge on any atom is -0.493 e. The lowest BCUT2D eigenvalue weighted by atomic mass is 10.1. The van der Waals surface area contributed by atoms with E-state index < -0.39 is 0 Å². The summed E-state index contributed by atoms with van der Waals surface area (Å²) in [6, 6.07) is 13.8. The number of halogens is 1. The first-order valence-electron chi connectivity index (χ1n) is 10.1. The van der Waals surface area contributed by atoms with Crippen molar-refractivity contribution in [2.45, 2.75) is 38.6 Å². The van der Waals surface area contributed by atoms with Crippen molar-refractivity contribution in [3.05, 3.63) is 77.2 Å². The number of ether oxygens (including phenoxy) is 1. The number of aromatic nitrogens is 2. The maximum absolute atomic E-state index is 13.4. The van der Waals surface area contributed by atoms with Crippen LogP contribution < -0.4 is 4.74 Å². The summed E-state index contributed by atoms with van der Waals surface area (Å²) in [6.45, 7) is 3.09. The van der Waals surface area contributed by atoms with Crippen molar-refractivity contribution in [1.82, 2.24) is 15.0 Å². The number of rotatable bonds is 7. The van der Waals surface area contributed by atoms with E-state index in [1.165, 1.54) is 12.1 Å². The zero-order valence-electron chi connectivity index (χ0n) is 16.9. The van der Waals surface area contributed by atoms with Gasteiger partial charge >= 0.3 is 0 Å². The molecule has 2 heterocycles. The molecular weight excluding hydrogens is 385 g/mol. The van der Waals surface area contributed by atoms with E-state index in [2.05, 4.69) is 10.1 Å². The third kappa shape index (κ3) is 4.84. The largest absolute Gasteiger partial charge is 0.493 e. The Hall–Kier alpha value is -3.22. The van der Waals surface area contributed by atoms with Gasteiger partial charge in [0.2, 0.25) is 11.8 Å². The van der Waals surface area contributed by atoms with Crippen LogP contribution in [0.15, 0.2) is 53.1 Å². The van der Waals surface area contributed by atoms with Gasteiger partial charge in [-0.1, -0.05) is 29.4 Å². The van der Waals surface area contributed by atoms with Crippen molar-refractivity contribution in [1.29, 1.82) is 0 Å². The molecule has 0 saturated carbocycles. The first-order valence-corrected chi connectivity index (χ1v) is 10.1. The van der Waals surface area contributed by atoms with E-state index in [0.29, 0.717) is 36.9 Å². The van der Waals surface area contributed by atoms with Crippen molar-refractivity contribution in [3.8, 4) is 5.75 Å². The van der Waals surface area contributed by atoms with Crippen LogP contribution >= 0.6 is 0 Å². The molecule has 4 rings (SSSR count). The van der Waals surface area contributed by atoms with Gasteiger partial charge in [0.25, 0.3) is 0 Å². The third-order valence-electron chi connectivity index (χ3n) is 5.17. The summed E-state index contributed by atoms with van der Waals surface area (Å²) in [5, 5.41) is 4.05. The second-order valence-corrected chi connectivity index (χ2v) is 7.52. The number of nitrogens with zero attached hydrogens (tertiary/aromatic N) is 3. The lowest BCUT2D eigenvalue weighted by Gasteiger charge is -2.22. The van der Waals surface area contributed by atoms with Crippen molar-refractivity contribution in [2.75, 3.05) is 13.2 Å². The maximum Gasteiger partial charge on any atom is 0.249 e. The predicted molar refractivity (Wildman–Crippen MR) is 108 cm³/mol. The molecule has 1 aromatic heterocycles. The molecule has 0 spiro atoms. The Bertz CT molecular complexity index is 1020. The minimum atomic E-state index is -0.340. The van der Waals surface area contributed by atoms with Crippen LogP contribution in [0, 0.1) is 12.7 Å². The van der Waals surface area contributed by atoms with E-state index in [1.807, 2.05) is 31.2 Å². The monoisotopic (exact) mass is 409 g/mol. The summed E-state index contributed by atoms with van der Waals surface area (Å²) in [5.74, 6) is 1.41. The summed E-state index contributed by atoms with van der Waals surface area (Å²) in [7, 11) is 0. The van der Waals surface area contributed by atoms with Gasteiger partial charge in [0, 0.05) is 13.0 Å². The highest BCUT2D eigenvalue weighted by molar-refractivity contribution is 5.79. The van der Waals surface area contributed by atoms with Crippen molar-refractivity contribution < 1.29 is 18.4 Å². The number of hydrogen-bond donors (Lipinski definition) is 0. The lowest BCUT2D eigenvalue weighted by Crippen LogP contribution is -2.32. The molecular formula is C23H24FN3O3. The summed E-state index contributed by atoms with van der Waals surface area (Å²) < 4.78 is 24.6. The highest BCUT2D eigenvalue weighted by atomic mass is 19.1. The number of aryl methyl sites for hydroxylation is 1. The van der Waals surface area contributed by atoms with Gasteiger partial charge in [-0.15, -0.1) is 0 Å². The number of hydrogen-bond acceptors (Lipinski definition) is 5. The molecule has 1 atom stereocenters. The summed E-state index contributed by atoms with van der Waals surface area (Å²) >= 11 is 0. The molecule has 7 heteroatoms. The fourth-order valence-electron chi connectivity index (χ4n) is 3.71.